The Kier molecular flexibility index (Phi) is 5.49. The first kappa shape index (κ1) is 19.0. The van der Waals surface area contributed by atoms with Crippen LogP contribution in [-0.4, -0.2) is 15.3 Å². The van der Waals surface area contributed by atoms with Gasteiger partial charge in [0, 0.05) is 23.0 Å². The molecule has 2 aromatic heterocycles. The fourth-order valence-electron chi connectivity index (χ4n) is 3.06. The third kappa shape index (κ3) is 4.58. The zero-order valence-electron chi connectivity index (χ0n) is 15.9. The minimum Gasteiger partial charge on any atom is -0.487 e. The number of carbonyl (C=O) groups excluding carboxylic acids is 1. The molecule has 0 fully saturated rings. The van der Waals surface area contributed by atoms with Crippen LogP contribution in [0.25, 0.3) is 5.65 Å². The Morgan fingerprint density at radius 2 is 1.97 bits per heavy atom. The van der Waals surface area contributed by atoms with Gasteiger partial charge >= 0.3 is 0 Å². The van der Waals surface area contributed by atoms with Gasteiger partial charge in [0.05, 0.1) is 11.7 Å². The molecular formula is C23H20ClN3O2. The highest BCUT2D eigenvalue weighted by Gasteiger charge is 2.12. The lowest BCUT2D eigenvalue weighted by atomic mass is 10.1. The van der Waals surface area contributed by atoms with Crippen molar-refractivity contribution in [3.63, 3.8) is 0 Å². The molecule has 1 atom stereocenters. The lowest BCUT2D eigenvalue weighted by Gasteiger charge is -2.15. The fraction of sp³-hybridized carbons (Fsp3) is 0.130. The van der Waals surface area contributed by atoms with Crippen LogP contribution in [0.15, 0.2) is 79.1 Å². The fourth-order valence-corrected chi connectivity index (χ4v) is 3.25. The van der Waals surface area contributed by atoms with Gasteiger partial charge in [-0.1, -0.05) is 29.8 Å². The van der Waals surface area contributed by atoms with Crippen molar-refractivity contribution in [3.8, 4) is 5.75 Å². The highest BCUT2D eigenvalue weighted by Crippen LogP contribution is 2.19. The van der Waals surface area contributed by atoms with Gasteiger partial charge < -0.3 is 14.5 Å². The molecule has 2 heterocycles. The van der Waals surface area contributed by atoms with E-state index in [1.165, 1.54) is 0 Å². The number of pyridine rings is 1. The van der Waals surface area contributed by atoms with Gasteiger partial charge in [-0.3, -0.25) is 4.79 Å². The third-order valence-electron chi connectivity index (χ3n) is 4.61. The van der Waals surface area contributed by atoms with Crippen LogP contribution < -0.4 is 10.1 Å². The molecule has 1 N–H and O–H groups in total. The normalized spacial score (nSPS) is 11.9. The summed E-state index contributed by atoms with van der Waals surface area (Å²) in [5.74, 6) is 0.533. The molecule has 0 bridgehead atoms. The van der Waals surface area contributed by atoms with Crippen molar-refractivity contribution in [2.45, 2.75) is 19.6 Å². The van der Waals surface area contributed by atoms with E-state index in [2.05, 4.69) is 10.3 Å². The Bertz CT molecular complexity index is 1110. The highest BCUT2D eigenvalue weighted by molar-refractivity contribution is 6.30. The summed E-state index contributed by atoms with van der Waals surface area (Å²) in [6, 6.07) is 20.2. The minimum atomic E-state index is -0.149. The molecule has 0 spiro atoms. The third-order valence-corrected chi connectivity index (χ3v) is 4.85. The number of carbonyl (C=O) groups is 1. The van der Waals surface area contributed by atoms with Crippen LogP contribution in [0.5, 0.6) is 5.75 Å². The Morgan fingerprint density at radius 3 is 2.72 bits per heavy atom. The molecule has 1 amide bonds. The van der Waals surface area contributed by atoms with Crippen molar-refractivity contribution in [1.29, 1.82) is 0 Å². The minimum absolute atomic E-state index is 0.146. The number of ether oxygens (including phenoxy) is 1. The second-order valence-corrected chi connectivity index (χ2v) is 7.20. The second-order valence-electron chi connectivity index (χ2n) is 6.76. The molecule has 0 aliphatic carbocycles. The van der Waals surface area contributed by atoms with Crippen molar-refractivity contribution in [3.05, 3.63) is 101 Å². The maximum absolute atomic E-state index is 12.5. The average Bonchev–Trinajstić information content (AvgIpc) is 3.15. The summed E-state index contributed by atoms with van der Waals surface area (Å²) in [6.45, 7) is 2.29. The van der Waals surface area contributed by atoms with Crippen molar-refractivity contribution in [2.24, 2.45) is 0 Å². The van der Waals surface area contributed by atoms with E-state index in [1.54, 1.807) is 24.3 Å². The Hall–Kier alpha value is -3.31. The first-order valence-corrected chi connectivity index (χ1v) is 9.68. The van der Waals surface area contributed by atoms with E-state index in [9.17, 15) is 4.79 Å². The van der Waals surface area contributed by atoms with Crippen LogP contribution in [0, 0.1) is 0 Å². The summed E-state index contributed by atoms with van der Waals surface area (Å²) in [4.78, 5) is 17.0. The van der Waals surface area contributed by atoms with Crippen molar-refractivity contribution in [1.82, 2.24) is 14.7 Å². The maximum Gasteiger partial charge on any atom is 0.251 e. The number of nitrogens with one attached hydrogen (secondary N) is 1. The lowest BCUT2D eigenvalue weighted by molar-refractivity contribution is 0.0940. The molecule has 6 heteroatoms. The first-order valence-electron chi connectivity index (χ1n) is 9.30. The number of rotatable bonds is 6. The lowest BCUT2D eigenvalue weighted by Crippen LogP contribution is -2.26. The number of hydrogen-bond donors (Lipinski definition) is 1. The molecule has 0 saturated carbocycles. The number of hydrogen-bond acceptors (Lipinski definition) is 3. The molecular weight excluding hydrogens is 386 g/mol. The monoisotopic (exact) mass is 405 g/mol. The van der Waals surface area contributed by atoms with Crippen molar-refractivity contribution in [2.75, 3.05) is 0 Å². The molecule has 0 unspecified atom stereocenters. The molecule has 29 heavy (non-hydrogen) atoms. The molecule has 0 aliphatic rings. The van der Waals surface area contributed by atoms with Gasteiger partial charge in [0.25, 0.3) is 5.91 Å². The highest BCUT2D eigenvalue weighted by atomic mass is 35.5. The Balaban J connectivity index is 1.36. The van der Waals surface area contributed by atoms with E-state index in [-0.39, 0.29) is 11.9 Å². The molecule has 4 rings (SSSR count). The van der Waals surface area contributed by atoms with Crippen LogP contribution in [0.1, 0.15) is 34.6 Å². The van der Waals surface area contributed by atoms with Crippen LogP contribution in [-0.2, 0) is 6.61 Å². The molecule has 2 aromatic carbocycles. The standard InChI is InChI=1S/C23H20ClN3O2/c1-16(18-5-4-6-19(24)13-18)25-23(28)17-8-10-21(11-9-17)29-15-20-14-27-12-3-2-7-22(27)26-20/h2-14,16H,15H2,1H3,(H,25,28)/t16-/m1/s1. The zero-order valence-corrected chi connectivity index (χ0v) is 16.6. The SMILES string of the molecule is C[C@@H](NC(=O)c1ccc(OCc2cn3ccccc3n2)cc1)c1cccc(Cl)c1. The second kappa shape index (κ2) is 8.37. The van der Waals surface area contributed by atoms with Gasteiger partial charge in [-0.05, 0) is 61.0 Å². The number of fused-ring (bicyclic) bond motifs is 1. The van der Waals surface area contributed by atoms with E-state index < -0.39 is 0 Å². The van der Waals surface area contributed by atoms with Gasteiger partial charge in [0.2, 0.25) is 0 Å². The van der Waals surface area contributed by atoms with Crippen molar-refractivity contribution >= 4 is 23.2 Å². The average molecular weight is 406 g/mol. The van der Waals surface area contributed by atoms with E-state index in [0.29, 0.717) is 22.9 Å². The summed E-state index contributed by atoms with van der Waals surface area (Å²) in [5, 5.41) is 3.63. The van der Waals surface area contributed by atoms with E-state index in [4.69, 9.17) is 16.3 Å². The Morgan fingerprint density at radius 1 is 1.14 bits per heavy atom. The maximum atomic E-state index is 12.5. The number of aromatic nitrogens is 2. The van der Waals surface area contributed by atoms with E-state index >= 15 is 0 Å². The number of amides is 1. The summed E-state index contributed by atoms with van der Waals surface area (Å²) in [6.07, 6.45) is 3.89. The van der Waals surface area contributed by atoms with Gasteiger partial charge in [-0.25, -0.2) is 4.98 Å². The number of imidazole rings is 1. The summed E-state index contributed by atoms with van der Waals surface area (Å²) in [5.41, 5.74) is 3.25. The van der Waals surface area contributed by atoms with Gasteiger partial charge in [0.1, 0.15) is 18.0 Å². The number of nitrogens with zero attached hydrogens (tertiary/aromatic N) is 2. The van der Waals surface area contributed by atoms with Gasteiger partial charge in [0.15, 0.2) is 0 Å². The molecule has 146 valence electrons. The zero-order chi connectivity index (χ0) is 20.2. The van der Waals surface area contributed by atoms with Gasteiger partial charge in [-0.15, -0.1) is 0 Å². The summed E-state index contributed by atoms with van der Waals surface area (Å²) < 4.78 is 7.75. The largest absolute Gasteiger partial charge is 0.487 e. The number of halogens is 1. The summed E-state index contributed by atoms with van der Waals surface area (Å²) >= 11 is 6.02. The molecule has 0 radical (unpaired) electrons. The van der Waals surface area contributed by atoms with E-state index in [1.807, 2.05) is 66.2 Å². The predicted octanol–water partition coefficient (Wildman–Crippen LogP) is 5.06. The Labute approximate surface area is 173 Å². The molecule has 5 nitrogen and oxygen atoms in total. The van der Waals surface area contributed by atoms with Crippen LogP contribution in [0.2, 0.25) is 5.02 Å². The van der Waals surface area contributed by atoms with Crippen molar-refractivity contribution < 1.29 is 9.53 Å². The predicted molar refractivity (Wildman–Crippen MR) is 113 cm³/mol. The summed E-state index contributed by atoms with van der Waals surface area (Å²) in [7, 11) is 0. The van der Waals surface area contributed by atoms with Crippen LogP contribution in [0.4, 0.5) is 0 Å². The van der Waals surface area contributed by atoms with Crippen LogP contribution >= 0.6 is 11.6 Å². The number of benzene rings is 2. The molecule has 0 saturated heterocycles. The van der Waals surface area contributed by atoms with E-state index in [0.717, 1.165) is 16.9 Å². The topological polar surface area (TPSA) is 55.6 Å². The van der Waals surface area contributed by atoms with Crippen LogP contribution in [0.3, 0.4) is 0 Å². The smallest absolute Gasteiger partial charge is 0.251 e. The van der Waals surface area contributed by atoms with Gasteiger partial charge in [-0.2, -0.15) is 0 Å². The quantitative estimate of drug-likeness (QED) is 0.488. The first-order chi connectivity index (χ1) is 14.1. The molecule has 0 aliphatic heterocycles. The molecule has 4 aromatic rings.